The van der Waals surface area contributed by atoms with E-state index < -0.39 is 0 Å². The monoisotopic (exact) mass is 952 g/mol. The van der Waals surface area contributed by atoms with Gasteiger partial charge in [0.1, 0.15) is 11.2 Å². The van der Waals surface area contributed by atoms with E-state index in [1.54, 1.807) is 22.7 Å². The van der Waals surface area contributed by atoms with Crippen LogP contribution in [0.3, 0.4) is 0 Å². The molecule has 0 fully saturated rings. The van der Waals surface area contributed by atoms with E-state index >= 15 is 0 Å². The van der Waals surface area contributed by atoms with Gasteiger partial charge >= 0.3 is 0 Å². The summed E-state index contributed by atoms with van der Waals surface area (Å²) in [7, 11) is 0. The van der Waals surface area contributed by atoms with E-state index in [1.165, 1.54) is 61.9 Å². The van der Waals surface area contributed by atoms with Crippen LogP contribution in [-0.2, 0) is 0 Å². The third-order valence-electron chi connectivity index (χ3n) is 14.6. The Bertz CT molecular complexity index is 4730. The molecule has 0 aliphatic carbocycles. The Hall–Kier alpha value is -9.01. The number of hydrogen-bond donors (Lipinski definition) is 0. The SMILES string of the molecule is c1ccc2cc3c(cc2c1)c1cc2ccccc2cc1n3-c1ccc(-c2nc(-c3cccc4sc5ccccc5c34)nc(-c3cccc4sc5ccccc5c34)n2)c(-c2ccc3c(c2)oc2ccccc23)c1. The van der Waals surface area contributed by atoms with Gasteiger partial charge in [-0.25, -0.2) is 15.0 Å². The highest BCUT2D eigenvalue weighted by atomic mass is 32.1. The Morgan fingerprint density at radius 2 is 0.806 bits per heavy atom. The van der Waals surface area contributed by atoms with Crippen molar-refractivity contribution >= 4 is 128 Å². The summed E-state index contributed by atoms with van der Waals surface area (Å²) in [4.78, 5) is 16.6. The maximum atomic E-state index is 6.61. The van der Waals surface area contributed by atoms with Gasteiger partial charge in [0.25, 0.3) is 0 Å². The lowest BCUT2D eigenvalue weighted by Crippen LogP contribution is -2.02. The summed E-state index contributed by atoms with van der Waals surface area (Å²) in [5.41, 5.74) is 9.81. The predicted molar refractivity (Wildman–Crippen MR) is 304 cm³/mol. The molecule has 334 valence electrons. The molecule has 0 saturated carbocycles. The van der Waals surface area contributed by atoms with Crippen molar-refractivity contribution < 1.29 is 4.42 Å². The fraction of sp³-hybridized carbons (Fsp3) is 0. The average molecular weight is 953 g/mol. The Balaban J connectivity index is 1.01. The van der Waals surface area contributed by atoms with Crippen LogP contribution in [0.2, 0.25) is 0 Å². The molecule has 0 aliphatic heterocycles. The normalized spacial score (nSPS) is 12.2. The van der Waals surface area contributed by atoms with Crippen LogP contribution in [0.1, 0.15) is 0 Å². The molecule has 16 aromatic rings. The maximum Gasteiger partial charge on any atom is 0.164 e. The zero-order valence-corrected chi connectivity index (χ0v) is 39.9. The summed E-state index contributed by atoms with van der Waals surface area (Å²) in [5, 5.41) is 14.1. The van der Waals surface area contributed by atoms with Gasteiger partial charge in [-0.2, -0.15) is 0 Å². The zero-order chi connectivity index (χ0) is 47.0. The van der Waals surface area contributed by atoms with E-state index in [-0.39, 0.29) is 0 Å². The van der Waals surface area contributed by atoms with Gasteiger partial charge in [0.15, 0.2) is 17.5 Å². The number of furan rings is 1. The highest BCUT2D eigenvalue weighted by molar-refractivity contribution is 7.26. The van der Waals surface area contributed by atoms with Crippen molar-refractivity contribution in [3.8, 4) is 51.0 Å². The zero-order valence-electron chi connectivity index (χ0n) is 38.3. The molecule has 7 heteroatoms. The fourth-order valence-electron chi connectivity index (χ4n) is 11.3. The molecule has 0 bridgehead atoms. The number of nitrogens with zero attached hydrogens (tertiary/aromatic N) is 4. The Morgan fingerprint density at radius 1 is 0.319 bits per heavy atom. The molecule has 5 aromatic heterocycles. The number of para-hydroxylation sites is 1. The number of hydrogen-bond acceptors (Lipinski definition) is 6. The molecule has 0 radical (unpaired) electrons. The van der Waals surface area contributed by atoms with Crippen LogP contribution < -0.4 is 0 Å². The second-order valence-corrected chi connectivity index (χ2v) is 20.8. The number of benzene rings is 11. The molecule has 0 spiro atoms. The van der Waals surface area contributed by atoms with E-state index in [4.69, 9.17) is 19.4 Å². The second kappa shape index (κ2) is 15.2. The lowest BCUT2D eigenvalue weighted by atomic mass is 9.96. The lowest BCUT2D eigenvalue weighted by molar-refractivity contribution is 0.669. The third-order valence-corrected chi connectivity index (χ3v) is 16.9. The number of thiophene rings is 2. The molecule has 0 aliphatic rings. The Morgan fingerprint density at radius 3 is 1.40 bits per heavy atom. The minimum atomic E-state index is 0.591. The van der Waals surface area contributed by atoms with Gasteiger partial charge < -0.3 is 8.98 Å². The van der Waals surface area contributed by atoms with Crippen molar-refractivity contribution in [1.82, 2.24) is 19.5 Å². The number of fused-ring (bicyclic) bond motifs is 14. The summed E-state index contributed by atoms with van der Waals surface area (Å²) in [6.07, 6.45) is 0. The summed E-state index contributed by atoms with van der Waals surface area (Å²) in [6, 6.07) is 78.6. The van der Waals surface area contributed by atoms with Crippen LogP contribution in [0.15, 0.2) is 223 Å². The van der Waals surface area contributed by atoms with Gasteiger partial charge in [-0.05, 0) is 118 Å². The molecule has 0 amide bonds. The molecule has 0 atom stereocenters. The molecule has 0 N–H and O–H groups in total. The van der Waals surface area contributed by atoms with Gasteiger partial charge in [0.05, 0.1) is 11.0 Å². The highest BCUT2D eigenvalue weighted by Crippen LogP contribution is 2.45. The molecule has 5 heterocycles. The Labute approximate surface area is 419 Å². The highest BCUT2D eigenvalue weighted by Gasteiger charge is 2.23. The third kappa shape index (κ3) is 5.95. The predicted octanol–water partition coefficient (Wildman–Crippen LogP) is 18.6. The first-order valence-corrected chi connectivity index (χ1v) is 25.8. The molecule has 0 saturated heterocycles. The quantitative estimate of drug-likeness (QED) is 0.172. The van der Waals surface area contributed by atoms with Crippen LogP contribution in [0.5, 0.6) is 0 Å². The van der Waals surface area contributed by atoms with Crippen molar-refractivity contribution in [2.24, 2.45) is 0 Å². The van der Waals surface area contributed by atoms with Crippen LogP contribution in [0.4, 0.5) is 0 Å². The van der Waals surface area contributed by atoms with Crippen LogP contribution in [0, 0.1) is 0 Å². The second-order valence-electron chi connectivity index (χ2n) is 18.7. The summed E-state index contributed by atoms with van der Waals surface area (Å²) in [6.45, 7) is 0. The summed E-state index contributed by atoms with van der Waals surface area (Å²) >= 11 is 3.60. The molecule has 0 unspecified atom stereocenters. The smallest absolute Gasteiger partial charge is 0.164 e. The summed E-state index contributed by atoms with van der Waals surface area (Å²) in [5.74, 6) is 1.85. The van der Waals surface area contributed by atoms with Crippen molar-refractivity contribution in [2.75, 3.05) is 0 Å². The molecule has 16 rings (SSSR count). The van der Waals surface area contributed by atoms with Gasteiger partial charge in [0.2, 0.25) is 0 Å². The van der Waals surface area contributed by atoms with Gasteiger partial charge in [-0.1, -0.05) is 133 Å². The van der Waals surface area contributed by atoms with Crippen molar-refractivity contribution in [2.45, 2.75) is 0 Å². The van der Waals surface area contributed by atoms with Gasteiger partial charge in [-0.3, -0.25) is 0 Å². The van der Waals surface area contributed by atoms with Crippen LogP contribution in [0.25, 0.3) is 157 Å². The minimum Gasteiger partial charge on any atom is -0.456 e. The van der Waals surface area contributed by atoms with E-state index in [0.717, 1.165) is 77.2 Å². The van der Waals surface area contributed by atoms with Crippen LogP contribution >= 0.6 is 22.7 Å². The van der Waals surface area contributed by atoms with E-state index in [2.05, 4.69) is 211 Å². The van der Waals surface area contributed by atoms with Crippen LogP contribution in [-0.4, -0.2) is 19.5 Å². The van der Waals surface area contributed by atoms with Crippen molar-refractivity contribution in [3.05, 3.63) is 218 Å². The topological polar surface area (TPSA) is 56.7 Å². The largest absolute Gasteiger partial charge is 0.456 e. The molecular formula is C65H36N4OS2. The lowest BCUT2D eigenvalue weighted by Gasteiger charge is -2.16. The maximum absolute atomic E-state index is 6.61. The summed E-state index contributed by atoms with van der Waals surface area (Å²) < 4.78 is 13.9. The minimum absolute atomic E-state index is 0.591. The number of rotatable bonds is 5. The van der Waals surface area contributed by atoms with Gasteiger partial charge in [0, 0.05) is 84.3 Å². The first kappa shape index (κ1) is 39.8. The van der Waals surface area contributed by atoms with Crippen molar-refractivity contribution in [1.29, 1.82) is 0 Å². The molecule has 72 heavy (non-hydrogen) atoms. The fourth-order valence-corrected chi connectivity index (χ4v) is 13.6. The average Bonchev–Trinajstić information content (AvgIpc) is 4.20. The van der Waals surface area contributed by atoms with Gasteiger partial charge in [-0.15, -0.1) is 22.7 Å². The molecule has 5 nitrogen and oxygen atoms in total. The first-order chi connectivity index (χ1) is 35.6. The van der Waals surface area contributed by atoms with E-state index in [0.29, 0.717) is 17.5 Å². The Kier molecular flexibility index (Phi) is 8.43. The first-order valence-electron chi connectivity index (χ1n) is 24.1. The molecule has 11 aromatic carbocycles. The standard InChI is InChI=1S/C65H36N4OS2/c1-3-15-39-33-53-51(31-37(39)13-1)52-32-38-14-2-4-16-40(38)34-54(52)69(53)42-28-30-45(50(36-42)41-27-29-44-43-17-5-8-22-55(43)70-56(44)35-41)63-66-64(48-20-11-25-59-61(48)46-18-6-9-23-57(46)71-59)68-65(67-63)49-21-12-26-60-62(49)47-19-7-10-24-58(47)72-60/h1-36H. The van der Waals surface area contributed by atoms with E-state index in [9.17, 15) is 0 Å². The molecular weight excluding hydrogens is 917 g/mol. The van der Waals surface area contributed by atoms with E-state index in [1.807, 2.05) is 12.1 Å². The van der Waals surface area contributed by atoms with Crippen molar-refractivity contribution in [3.63, 3.8) is 0 Å². The number of aromatic nitrogens is 4.